The molecule has 1 unspecified atom stereocenters. The van der Waals surface area contributed by atoms with E-state index in [9.17, 15) is 5.11 Å². The predicted molar refractivity (Wildman–Crippen MR) is 88.0 cm³/mol. The Morgan fingerprint density at radius 1 is 0.955 bits per heavy atom. The van der Waals surface area contributed by atoms with Crippen molar-refractivity contribution in [1.29, 1.82) is 0 Å². The number of hydrogen-bond donors (Lipinski definition) is 1. The molecule has 22 heavy (non-hydrogen) atoms. The van der Waals surface area contributed by atoms with Crippen LogP contribution in [0.4, 0.5) is 0 Å². The zero-order chi connectivity index (χ0) is 15.8. The Balaban J connectivity index is 1.87. The third-order valence-electron chi connectivity index (χ3n) is 3.91. The second-order valence-corrected chi connectivity index (χ2v) is 5.50. The molecule has 0 aromatic heterocycles. The molecule has 0 fully saturated rings. The maximum atomic E-state index is 9.63. The van der Waals surface area contributed by atoms with Crippen molar-refractivity contribution < 1.29 is 14.6 Å². The van der Waals surface area contributed by atoms with E-state index in [4.69, 9.17) is 9.47 Å². The lowest BCUT2D eigenvalue weighted by molar-refractivity contribution is -0.00458. The van der Waals surface area contributed by atoms with E-state index >= 15 is 0 Å². The Labute approximate surface area is 132 Å². The molecule has 0 heterocycles. The van der Waals surface area contributed by atoms with E-state index in [2.05, 4.69) is 12.1 Å². The monoisotopic (exact) mass is 300 g/mol. The number of aliphatic hydroxyl groups excluding tert-OH is 1. The minimum absolute atomic E-state index is 0.00712. The van der Waals surface area contributed by atoms with Crippen LogP contribution in [0, 0.1) is 5.92 Å². The number of hydrogen-bond acceptors (Lipinski definition) is 3. The molecule has 0 radical (unpaired) electrons. The maximum absolute atomic E-state index is 9.63. The van der Waals surface area contributed by atoms with Crippen molar-refractivity contribution in [2.24, 2.45) is 5.92 Å². The van der Waals surface area contributed by atoms with Crippen LogP contribution >= 0.6 is 0 Å². The van der Waals surface area contributed by atoms with Crippen LogP contribution in [-0.4, -0.2) is 24.9 Å². The van der Waals surface area contributed by atoms with Crippen LogP contribution in [0.1, 0.15) is 18.1 Å². The Morgan fingerprint density at radius 2 is 1.64 bits per heavy atom. The van der Waals surface area contributed by atoms with Crippen molar-refractivity contribution in [3.05, 3.63) is 65.7 Å². The fourth-order valence-electron chi connectivity index (χ4n) is 2.38. The molecule has 0 aliphatic heterocycles. The average Bonchev–Trinajstić information content (AvgIpc) is 2.59. The summed E-state index contributed by atoms with van der Waals surface area (Å²) in [6.07, 6.45) is 0.813. The lowest BCUT2D eigenvalue weighted by Crippen LogP contribution is -2.26. The molecule has 0 saturated carbocycles. The topological polar surface area (TPSA) is 38.7 Å². The van der Waals surface area contributed by atoms with Gasteiger partial charge in [0.15, 0.2) is 0 Å². The lowest BCUT2D eigenvalue weighted by atomic mass is 9.95. The van der Waals surface area contributed by atoms with Crippen LogP contribution in [0.5, 0.6) is 5.75 Å². The van der Waals surface area contributed by atoms with Gasteiger partial charge in [-0.2, -0.15) is 0 Å². The second-order valence-electron chi connectivity index (χ2n) is 5.50. The highest BCUT2D eigenvalue weighted by atomic mass is 16.5. The first-order valence-electron chi connectivity index (χ1n) is 7.62. The average molecular weight is 300 g/mol. The van der Waals surface area contributed by atoms with Crippen LogP contribution in [0.15, 0.2) is 54.6 Å². The number of aliphatic hydroxyl groups is 1. The molecule has 2 rings (SSSR count). The van der Waals surface area contributed by atoms with Crippen molar-refractivity contribution in [2.75, 3.05) is 13.7 Å². The van der Waals surface area contributed by atoms with E-state index in [0.29, 0.717) is 6.61 Å². The Kier molecular flexibility index (Phi) is 6.44. The molecule has 0 amide bonds. The smallest absolute Gasteiger partial charge is 0.118 e. The minimum Gasteiger partial charge on any atom is -0.497 e. The van der Waals surface area contributed by atoms with Crippen LogP contribution in [0.3, 0.4) is 0 Å². The SMILES string of the molecule is COc1ccc(COC(C)[C@@H](CO)Cc2ccccc2)cc1. The molecule has 0 spiro atoms. The van der Waals surface area contributed by atoms with Gasteiger partial charge in [0.2, 0.25) is 0 Å². The van der Waals surface area contributed by atoms with Crippen molar-refractivity contribution in [3.63, 3.8) is 0 Å². The quantitative estimate of drug-likeness (QED) is 0.811. The summed E-state index contributed by atoms with van der Waals surface area (Å²) in [6, 6.07) is 18.1. The molecule has 2 aromatic rings. The van der Waals surface area contributed by atoms with Gasteiger partial charge < -0.3 is 14.6 Å². The van der Waals surface area contributed by atoms with Gasteiger partial charge in [-0.15, -0.1) is 0 Å². The van der Waals surface area contributed by atoms with Gasteiger partial charge in [-0.05, 0) is 36.6 Å². The van der Waals surface area contributed by atoms with Crippen molar-refractivity contribution in [3.8, 4) is 5.75 Å². The summed E-state index contributed by atoms with van der Waals surface area (Å²) in [5.41, 5.74) is 2.32. The summed E-state index contributed by atoms with van der Waals surface area (Å²) in [4.78, 5) is 0. The van der Waals surface area contributed by atoms with Crippen LogP contribution in [-0.2, 0) is 17.8 Å². The Bertz CT molecular complexity index is 536. The summed E-state index contributed by atoms with van der Waals surface area (Å²) in [6.45, 7) is 2.68. The third-order valence-corrected chi connectivity index (χ3v) is 3.91. The summed E-state index contributed by atoms with van der Waals surface area (Å²) in [5, 5.41) is 9.63. The van der Waals surface area contributed by atoms with Crippen molar-refractivity contribution in [2.45, 2.75) is 26.1 Å². The number of rotatable bonds is 8. The number of methoxy groups -OCH3 is 1. The molecule has 1 N–H and O–H groups in total. The zero-order valence-corrected chi connectivity index (χ0v) is 13.2. The second kappa shape index (κ2) is 8.57. The first-order valence-corrected chi connectivity index (χ1v) is 7.62. The summed E-state index contributed by atoms with van der Waals surface area (Å²) in [5.74, 6) is 0.940. The normalized spacial score (nSPS) is 13.6. The van der Waals surface area contributed by atoms with Crippen LogP contribution in [0.25, 0.3) is 0 Å². The molecule has 3 heteroatoms. The molecule has 118 valence electrons. The third kappa shape index (κ3) is 4.86. The van der Waals surface area contributed by atoms with Crippen LogP contribution in [0.2, 0.25) is 0 Å². The number of benzene rings is 2. The Morgan fingerprint density at radius 3 is 2.23 bits per heavy atom. The first kappa shape index (κ1) is 16.5. The summed E-state index contributed by atoms with van der Waals surface area (Å²) < 4.78 is 11.1. The highest BCUT2D eigenvalue weighted by Crippen LogP contribution is 2.17. The fraction of sp³-hybridized carbons (Fsp3) is 0.368. The molecule has 3 nitrogen and oxygen atoms in total. The van der Waals surface area contributed by atoms with Gasteiger partial charge in [-0.3, -0.25) is 0 Å². The number of ether oxygens (including phenoxy) is 2. The highest BCUT2D eigenvalue weighted by Gasteiger charge is 2.17. The Hall–Kier alpha value is -1.84. The predicted octanol–water partition coefficient (Wildman–Crippen LogP) is 3.45. The van der Waals surface area contributed by atoms with Gasteiger partial charge in [0, 0.05) is 12.5 Å². The van der Waals surface area contributed by atoms with E-state index in [1.54, 1.807) is 7.11 Å². The highest BCUT2D eigenvalue weighted by molar-refractivity contribution is 5.26. The summed E-state index contributed by atoms with van der Waals surface area (Å²) in [7, 11) is 1.66. The molecular formula is C19H24O3. The zero-order valence-electron chi connectivity index (χ0n) is 13.2. The standard InChI is InChI=1S/C19H24O3/c1-15(18(13-20)12-16-6-4-3-5-7-16)22-14-17-8-10-19(21-2)11-9-17/h3-11,15,18,20H,12-14H2,1-2H3/t15?,18-/m1/s1. The van der Waals surface area contributed by atoms with Gasteiger partial charge in [-0.25, -0.2) is 0 Å². The van der Waals surface area contributed by atoms with E-state index in [-0.39, 0.29) is 18.6 Å². The largest absolute Gasteiger partial charge is 0.497 e. The van der Waals surface area contributed by atoms with E-state index in [1.807, 2.05) is 49.4 Å². The first-order chi connectivity index (χ1) is 10.7. The maximum Gasteiger partial charge on any atom is 0.118 e. The lowest BCUT2D eigenvalue weighted by Gasteiger charge is -2.22. The van der Waals surface area contributed by atoms with Crippen LogP contribution < -0.4 is 4.74 Å². The fourth-order valence-corrected chi connectivity index (χ4v) is 2.38. The van der Waals surface area contributed by atoms with E-state index < -0.39 is 0 Å². The van der Waals surface area contributed by atoms with Gasteiger partial charge in [0.1, 0.15) is 5.75 Å². The van der Waals surface area contributed by atoms with Gasteiger partial charge in [0.25, 0.3) is 0 Å². The van der Waals surface area contributed by atoms with E-state index in [1.165, 1.54) is 5.56 Å². The van der Waals surface area contributed by atoms with Crippen molar-refractivity contribution >= 4 is 0 Å². The molecule has 2 atom stereocenters. The van der Waals surface area contributed by atoms with Gasteiger partial charge >= 0.3 is 0 Å². The minimum atomic E-state index is -0.00712. The summed E-state index contributed by atoms with van der Waals surface area (Å²) >= 11 is 0. The molecular weight excluding hydrogens is 276 g/mol. The molecule has 0 aliphatic rings. The molecule has 2 aromatic carbocycles. The molecule has 0 saturated heterocycles. The van der Waals surface area contributed by atoms with E-state index in [0.717, 1.165) is 17.7 Å². The molecule has 0 aliphatic carbocycles. The van der Waals surface area contributed by atoms with Gasteiger partial charge in [0.05, 0.1) is 19.8 Å². The van der Waals surface area contributed by atoms with Gasteiger partial charge in [-0.1, -0.05) is 42.5 Å². The molecule has 0 bridgehead atoms. The van der Waals surface area contributed by atoms with Crippen molar-refractivity contribution in [1.82, 2.24) is 0 Å².